The van der Waals surface area contributed by atoms with Crippen molar-refractivity contribution >= 4 is 49.9 Å². The highest BCUT2D eigenvalue weighted by molar-refractivity contribution is 9.10. The van der Waals surface area contributed by atoms with Gasteiger partial charge in [-0.25, -0.2) is 4.98 Å². The number of tetrazole rings is 1. The van der Waals surface area contributed by atoms with Crippen LogP contribution in [-0.2, 0) is 0 Å². The van der Waals surface area contributed by atoms with Crippen molar-refractivity contribution in [1.29, 1.82) is 5.26 Å². The molecule has 27 heavy (non-hydrogen) atoms. The van der Waals surface area contributed by atoms with Crippen molar-refractivity contribution in [3.63, 3.8) is 0 Å². The predicted octanol–water partition coefficient (Wildman–Crippen LogP) is 4.40. The molecule has 0 saturated heterocycles. The number of anilines is 1. The Labute approximate surface area is 166 Å². The lowest BCUT2D eigenvalue weighted by Crippen LogP contribution is -1.92. The number of halogens is 2. The number of H-pyrrole nitrogens is 1. The number of hydrogen-bond acceptors (Lipinski definition) is 7. The van der Waals surface area contributed by atoms with Crippen LogP contribution >= 0.6 is 27.5 Å². The molecule has 0 amide bonds. The van der Waals surface area contributed by atoms with Crippen molar-refractivity contribution in [2.45, 2.75) is 0 Å². The maximum absolute atomic E-state index is 9.20. The van der Waals surface area contributed by atoms with Crippen molar-refractivity contribution in [1.82, 2.24) is 25.6 Å². The number of nitrogens with zero attached hydrogens (tertiary/aromatic N) is 5. The van der Waals surface area contributed by atoms with E-state index in [9.17, 15) is 5.26 Å². The maximum atomic E-state index is 9.20. The number of aromatic amines is 1. The lowest BCUT2D eigenvalue weighted by Gasteiger charge is -2.00. The minimum atomic E-state index is 0.207. The Morgan fingerprint density at radius 2 is 2.19 bits per heavy atom. The Bertz CT molecular complexity index is 1190. The van der Waals surface area contributed by atoms with Crippen molar-refractivity contribution in [2.24, 2.45) is 0 Å². The highest BCUT2D eigenvalue weighted by Gasteiger charge is 2.13. The second-order valence-corrected chi connectivity index (χ2v) is 6.70. The van der Waals surface area contributed by atoms with E-state index in [1.165, 1.54) is 6.20 Å². The first kappa shape index (κ1) is 17.2. The molecule has 0 aliphatic rings. The molecule has 2 heterocycles. The Balaban J connectivity index is 1.65. The molecule has 132 valence electrons. The van der Waals surface area contributed by atoms with E-state index < -0.39 is 0 Å². The Hall–Kier alpha value is -3.22. The van der Waals surface area contributed by atoms with Gasteiger partial charge in [-0.3, -0.25) is 0 Å². The molecule has 4 aromatic rings. The van der Waals surface area contributed by atoms with Gasteiger partial charge in [0, 0.05) is 16.4 Å². The molecule has 8 nitrogen and oxygen atoms in total. The number of oxazole rings is 1. The molecule has 0 aliphatic heterocycles. The number of fused-ring (bicyclic) bond motifs is 1. The molecule has 4 rings (SSSR count). The lowest BCUT2D eigenvalue weighted by atomic mass is 10.2. The standard InChI is InChI=1S/C17H9BrClN7O/c18-10-1-3-13(19)12(5-10)17-22-14-6-11(2-4-15(14)27-17)21-8-9(7-20)16-23-25-26-24-16/h1-6,8,21H,(H,23,24,25,26). The number of aromatic nitrogens is 5. The van der Waals surface area contributed by atoms with Crippen LogP contribution in [0.4, 0.5) is 5.69 Å². The molecule has 0 unspecified atom stereocenters. The molecule has 2 aromatic heterocycles. The SMILES string of the molecule is N#CC(=CNc1ccc2oc(-c3cc(Br)ccc3Cl)nc2c1)c1nn[nH]n1. The summed E-state index contributed by atoms with van der Waals surface area (Å²) in [6.45, 7) is 0. The molecule has 2 aromatic carbocycles. The topological polar surface area (TPSA) is 116 Å². The summed E-state index contributed by atoms with van der Waals surface area (Å²) in [5, 5.41) is 26.1. The second-order valence-electron chi connectivity index (χ2n) is 5.38. The number of nitrogens with one attached hydrogen (secondary N) is 2. The summed E-state index contributed by atoms with van der Waals surface area (Å²) in [5.74, 6) is 0.632. The third-order valence-electron chi connectivity index (χ3n) is 3.64. The fourth-order valence-corrected chi connectivity index (χ4v) is 2.93. The normalized spacial score (nSPS) is 11.5. The fraction of sp³-hybridized carbons (Fsp3) is 0. The highest BCUT2D eigenvalue weighted by Crippen LogP contribution is 2.33. The minimum Gasteiger partial charge on any atom is -0.436 e. The van der Waals surface area contributed by atoms with Gasteiger partial charge < -0.3 is 9.73 Å². The second kappa shape index (κ2) is 7.19. The summed E-state index contributed by atoms with van der Waals surface area (Å²) in [5.41, 5.74) is 2.93. The lowest BCUT2D eigenvalue weighted by molar-refractivity contribution is 0.620. The van der Waals surface area contributed by atoms with E-state index in [2.05, 4.69) is 46.9 Å². The van der Waals surface area contributed by atoms with Gasteiger partial charge in [-0.15, -0.1) is 10.2 Å². The zero-order chi connectivity index (χ0) is 18.8. The van der Waals surface area contributed by atoms with E-state index in [0.717, 1.165) is 10.2 Å². The smallest absolute Gasteiger partial charge is 0.228 e. The van der Waals surface area contributed by atoms with Gasteiger partial charge in [-0.1, -0.05) is 27.5 Å². The zero-order valence-corrected chi connectivity index (χ0v) is 15.8. The summed E-state index contributed by atoms with van der Waals surface area (Å²) in [4.78, 5) is 4.51. The van der Waals surface area contributed by atoms with Crippen molar-refractivity contribution in [3.8, 4) is 17.5 Å². The molecular weight excluding hydrogens is 434 g/mol. The first-order valence-corrected chi connectivity index (χ1v) is 8.78. The molecule has 2 N–H and O–H groups in total. The molecule has 0 saturated carbocycles. The van der Waals surface area contributed by atoms with Gasteiger partial charge in [0.05, 0.1) is 10.6 Å². The van der Waals surface area contributed by atoms with Crippen LogP contribution in [0.1, 0.15) is 5.82 Å². The van der Waals surface area contributed by atoms with Crippen LogP contribution < -0.4 is 5.32 Å². The van der Waals surface area contributed by atoms with Gasteiger partial charge in [0.15, 0.2) is 5.58 Å². The Morgan fingerprint density at radius 3 is 2.96 bits per heavy atom. The Morgan fingerprint density at radius 1 is 1.30 bits per heavy atom. The van der Waals surface area contributed by atoms with Crippen molar-refractivity contribution < 1.29 is 4.42 Å². The predicted molar refractivity (Wildman–Crippen MR) is 104 cm³/mol. The van der Waals surface area contributed by atoms with Crippen LogP contribution in [0.3, 0.4) is 0 Å². The summed E-state index contributed by atoms with van der Waals surface area (Å²) < 4.78 is 6.68. The van der Waals surface area contributed by atoms with E-state index in [1.54, 1.807) is 18.2 Å². The van der Waals surface area contributed by atoms with Crippen LogP contribution in [0.25, 0.3) is 28.1 Å². The molecular formula is C17H9BrClN7O. The van der Waals surface area contributed by atoms with E-state index in [4.69, 9.17) is 16.0 Å². The first-order chi connectivity index (χ1) is 13.1. The minimum absolute atomic E-state index is 0.207. The van der Waals surface area contributed by atoms with Crippen molar-refractivity contribution in [2.75, 3.05) is 5.32 Å². The van der Waals surface area contributed by atoms with E-state index >= 15 is 0 Å². The highest BCUT2D eigenvalue weighted by atomic mass is 79.9. The number of rotatable bonds is 4. The summed E-state index contributed by atoms with van der Waals surface area (Å²) in [6, 6.07) is 12.9. The van der Waals surface area contributed by atoms with Gasteiger partial charge in [-0.05, 0) is 41.6 Å². The van der Waals surface area contributed by atoms with E-state index in [-0.39, 0.29) is 11.4 Å². The quantitative estimate of drug-likeness (QED) is 0.450. The molecule has 0 atom stereocenters. The fourth-order valence-electron chi connectivity index (χ4n) is 2.37. The third-order valence-corrected chi connectivity index (χ3v) is 4.46. The molecule has 0 radical (unpaired) electrons. The van der Waals surface area contributed by atoms with Crippen LogP contribution in [-0.4, -0.2) is 25.6 Å². The van der Waals surface area contributed by atoms with Gasteiger partial charge in [-0.2, -0.15) is 10.5 Å². The van der Waals surface area contributed by atoms with E-state index in [0.29, 0.717) is 27.6 Å². The van der Waals surface area contributed by atoms with Gasteiger partial charge in [0.1, 0.15) is 17.2 Å². The monoisotopic (exact) mass is 441 g/mol. The van der Waals surface area contributed by atoms with Crippen molar-refractivity contribution in [3.05, 3.63) is 57.9 Å². The molecule has 0 aliphatic carbocycles. The van der Waals surface area contributed by atoms with Gasteiger partial charge in [0.25, 0.3) is 0 Å². The summed E-state index contributed by atoms with van der Waals surface area (Å²) >= 11 is 9.67. The summed E-state index contributed by atoms with van der Waals surface area (Å²) in [6.07, 6.45) is 1.50. The average molecular weight is 443 g/mol. The van der Waals surface area contributed by atoms with Crippen LogP contribution in [0.2, 0.25) is 5.02 Å². The molecule has 0 fully saturated rings. The van der Waals surface area contributed by atoms with Gasteiger partial charge >= 0.3 is 0 Å². The zero-order valence-electron chi connectivity index (χ0n) is 13.4. The number of hydrogen-bond donors (Lipinski definition) is 2. The number of allylic oxidation sites excluding steroid dienone is 1. The number of nitriles is 1. The summed E-state index contributed by atoms with van der Waals surface area (Å²) in [7, 11) is 0. The first-order valence-electron chi connectivity index (χ1n) is 7.60. The molecule has 0 spiro atoms. The van der Waals surface area contributed by atoms with Crippen LogP contribution in [0.5, 0.6) is 0 Å². The average Bonchev–Trinajstić information content (AvgIpc) is 3.33. The molecule has 10 heteroatoms. The maximum Gasteiger partial charge on any atom is 0.228 e. The molecule has 0 bridgehead atoms. The van der Waals surface area contributed by atoms with Crippen LogP contribution in [0, 0.1) is 11.3 Å². The van der Waals surface area contributed by atoms with Gasteiger partial charge in [0.2, 0.25) is 11.7 Å². The Kier molecular flexibility index (Phi) is 4.58. The third kappa shape index (κ3) is 3.53. The largest absolute Gasteiger partial charge is 0.436 e. The van der Waals surface area contributed by atoms with E-state index in [1.807, 2.05) is 24.3 Å². The number of benzene rings is 2. The van der Waals surface area contributed by atoms with Crippen LogP contribution in [0.15, 0.2) is 51.5 Å².